The van der Waals surface area contributed by atoms with E-state index in [4.69, 9.17) is 5.14 Å². The molecule has 2 N–H and O–H groups in total. The van der Waals surface area contributed by atoms with Gasteiger partial charge in [-0.05, 0) is 37.1 Å². The summed E-state index contributed by atoms with van der Waals surface area (Å²) in [6.07, 6.45) is 5.53. The topological polar surface area (TPSA) is 80.5 Å². The Hall–Kier alpha value is -1.66. The summed E-state index contributed by atoms with van der Waals surface area (Å²) in [5.74, 6) is 0.0243. The van der Waals surface area contributed by atoms with Gasteiger partial charge in [0.25, 0.3) is 0 Å². The minimum atomic E-state index is -3.69. The minimum Gasteiger partial charge on any atom is -0.315 e. The second-order valence-corrected chi connectivity index (χ2v) is 6.14. The Morgan fingerprint density at radius 2 is 1.74 bits per heavy atom. The highest BCUT2D eigenvalue weighted by atomic mass is 32.2. The van der Waals surface area contributed by atoms with Crippen LogP contribution in [0.25, 0.3) is 0 Å². The van der Waals surface area contributed by atoms with E-state index in [1.807, 2.05) is 12.2 Å². The van der Waals surface area contributed by atoms with Crippen LogP contribution in [0.2, 0.25) is 0 Å². The van der Waals surface area contributed by atoms with Crippen LogP contribution in [0.4, 0.5) is 5.69 Å². The number of rotatable bonds is 3. The van der Waals surface area contributed by atoms with E-state index >= 15 is 0 Å². The number of allylic oxidation sites excluding steroid dienone is 2. The van der Waals surface area contributed by atoms with Crippen LogP contribution in [0.3, 0.4) is 0 Å². The van der Waals surface area contributed by atoms with Gasteiger partial charge in [0.15, 0.2) is 0 Å². The van der Waals surface area contributed by atoms with Crippen molar-refractivity contribution in [3.05, 3.63) is 36.4 Å². The van der Waals surface area contributed by atoms with Crippen molar-refractivity contribution >= 4 is 21.6 Å². The molecule has 1 aliphatic carbocycles. The molecule has 19 heavy (non-hydrogen) atoms. The summed E-state index contributed by atoms with van der Waals surface area (Å²) in [7, 11) is -2.01. The first kappa shape index (κ1) is 13.8. The van der Waals surface area contributed by atoms with Crippen molar-refractivity contribution < 1.29 is 13.2 Å². The summed E-state index contributed by atoms with van der Waals surface area (Å²) in [6.45, 7) is 0. The first-order valence-electron chi connectivity index (χ1n) is 5.95. The Kier molecular flexibility index (Phi) is 3.73. The molecule has 102 valence electrons. The number of hydrogen-bond donors (Lipinski definition) is 1. The summed E-state index contributed by atoms with van der Waals surface area (Å²) < 4.78 is 22.3. The number of benzene rings is 1. The smallest absolute Gasteiger partial charge is 0.238 e. The number of carbonyl (C=O) groups is 1. The van der Waals surface area contributed by atoms with Crippen molar-refractivity contribution in [1.82, 2.24) is 0 Å². The van der Waals surface area contributed by atoms with Gasteiger partial charge >= 0.3 is 0 Å². The van der Waals surface area contributed by atoms with Crippen molar-refractivity contribution in [3.63, 3.8) is 0 Å². The average Bonchev–Trinajstić information content (AvgIpc) is 2.90. The van der Waals surface area contributed by atoms with Gasteiger partial charge in [-0.1, -0.05) is 12.2 Å². The fourth-order valence-electron chi connectivity index (χ4n) is 2.08. The molecule has 0 atom stereocenters. The highest BCUT2D eigenvalue weighted by molar-refractivity contribution is 7.89. The summed E-state index contributed by atoms with van der Waals surface area (Å²) >= 11 is 0. The van der Waals surface area contributed by atoms with E-state index in [9.17, 15) is 13.2 Å². The number of anilines is 1. The van der Waals surface area contributed by atoms with E-state index in [0.29, 0.717) is 5.69 Å². The predicted octanol–water partition coefficient (Wildman–Crippen LogP) is 1.26. The molecule has 0 bridgehead atoms. The highest BCUT2D eigenvalue weighted by Crippen LogP contribution is 2.23. The number of carbonyl (C=O) groups excluding carboxylic acids is 1. The van der Waals surface area contributed by atoms with Crippen LogP contribution >= 0.6 is 0 Å². The zero-order valence-electron chi connectivity index (χ0n) is 10.6. The number of sulfonamides is 1. The van der Waals surface area contributed by atoms with Crippen molar-refractivity contribution in [2.24, 2.45) is 11.1 Å². The number of nitrogens with zero attached hydrogens (tertiary/aromatic N) is 1. The fourth-order valence-corrected chi connectivity index (χ4v) is 2.59. The Morgan fingerprint density at radius 3 is 2.21 bits per heavy atom. The summed E-state index contributed by atoms with van der Waals surface area (Å²) in [5, 5.41) is 5.03. The van der Waals surface area contributed by atoms with Gasteiger partial charge in [-0.25, -0.2) is 13.6 Å². The highest BCUT2D eigenvalue weighted by Gasteiger charge is 2.23. The van der Waals surface area contributed by atoms with Crippen LogP contribution in [0.15, 0.2) is 41.3 Å². The monoisotopic (exact) mass is 280 g/mol. The van der Waals surface area contributed by atoms with E-state index in [1.165, 1.54) is 12.1 Å². The molecule has 2 rings (SSSR count). The maximum Gasteiger partial charge on any atom is 0.238 e. The van der Waals surface area contributed by atoms with Crippen LogP contribution in [0, 0.1) is 5.92 Å². The zero-order valence-corrected chi connectivity index (χ0v) is 11.4. The van der Waals surface area contributed by atoms with Gasteiger partial charge in [-0.15, -0.1) is 0 Å². The first-order valence-corrected chi connectivity index (χ1v) is 7.49. The number of hydrogen-bond acceptors (Lipinski definition) is 3. The maximum atomic E-state index is 12.2. The number of amides is 1. The number of nitrogens with two attached hydrogens (primary N) is 1. The van der Waals surface area contributed by atoms with Crippen LogP contribution in [0.1, 0.15) is 12.8 Å². The molecule has 6 heteroatoms. The normalized spacial score (nSPS) is 15.7. The SMILES string of the molecule is CN(C(=O)C1CC=CC1)c1ccc(S(N)(=O)=O)cc1. The first-order chi connectivity index (χ1) is 8.89. The molecule has 0 aliphatic heterocycles. The van der Waals surface area contributed by atoms with Crippen molar-refractivity contribution in [2.75, 3.05) is 11.9 Å². The van der Waals surface area contributed by atoms with Gasteiger partial charge in [0, 0.05) is 18.7 Å². The van der Waals surface area contributed by atoms with E-state index in [2.05, 4.69) is 0 Å². The quantitative estimate of drug-likeness (QED) is 0.846. The predicted molar refractivity (Wildman–Crippen MR) is 73.1 cm³/mol. The van der Waals surface area contributed by atoms with Gasteiger partial charge in [0.2, 0.25) is 15.9 Å². The van der Waals surface area contributed by atoms with Gasteiger partial charge in [0.05, 0.1) is 4.90 Å². The summed E-state index contributed by atoms with van der Waals surface area (Å²) in [4.78, 5) is 13.8. The Bertz CT molecular complexity index is 597. The minimum absolute atomic E-state index is 0.0112. The van der Waals surface area contributed by atoms with E-state index in [-0.39, 0.29) is 16.7 Å². The Labute approximate surface area is 112 Å². The van der Waals surface area contributed by atoms with Crippen LogP contribution in [-0.4, -0.2) is 21.4 Å². The zero-order chi connectivity index (χ0) is 14.0. The Morgan fingerprint density at radius 1 is 1.21 bits per heavy atom. The molecule has 1 aromatic carbocycles. The van der Waals surface area contributed by atoms with Crippen LogP contribution < -0.4 is 10.0 Å². The third-order valence-electron chi connectivity index (χ3n) is 3.24. The average molecular weight is 280 g/mol. The van der Waals surface area contributed by atoms with Crippen molar-refractivity contribution in [1.29, 1.82) is 0 Å². The van der Waals surface area contributed by atoms with Crippen LogP contribution in [-0.2, 0) is 14.8 Å². The molecule has 0 saturated carbocycles. The largest absolute Gasteiger partial charge is 0.315 e. The Balaban J connectivity index is 2.15. The molecular weight excluding hydrogens is 264 g/mol. The standard InChI is InChI=1S/C13H16N2O3S/c1-15(13(16)10-4-2-3-5-10)11-6-8-12(9-7-11)19(14,17)18/h2-3,6-10H,4-5H2,1H3,(H2,14,17,18). The second kappa shape index (κ2) is 5.14. The van der Waals surface area contributed by atoms with Gasteiger partial charge < -0.3 is 4.90 Å². The summed E-state index contributed by atoms with van der Waals surface area (Å²) in [5.41, 5.74) is 0.657. The molecule has 1 aromatic rings. The lowest BCUT2D eigenvalue weighted by molar-refractivity contribution is -0.121. The lowest BCUT2D eigenvalue weighted by Crippen LogP contribution is -2.31. The van der Waals surface area contributed by atoms with Gasteiger partial charge in [-0.3, -0.25) is 4.79 Å². The van der Waals surface area contributed by atoms with Crippen molar-refractivity contribution in [2.45, 2.75) is 17.7 Å². The molecule has 0 fully saturated rings. The molecule has 0 unspecified atom stereocenters. The molecule has 0 aromatic heterocycles. The molecule has 0 heterocycles. The van der Waals surface area contributed by atoms with Crippen LogP contribution in [0.5, 0.6) is 0 Å². The summed E-state index contributed by atoms with van der Waals surface area (Å²) in [6, 6.07) is 5.97. The lowest BCUT2D eigenvalue weighted by Gasteiger charge is -2.21. The lowest BCUT2D eigenvalue weighted by atomic mass is 10.1. The number of primary sulfonamides is 1. The van der Waals surface area contributed by atoms with E-state index in [1.54, 1.807) is 24.1 Å². The molecule has 5 nitrogen and oxygen atoms in total. The van der Waals surface area contributed by atoms with Gasteiger partial charge in [-0.2, -0.15) is 0 Å². The third-order valence-corrected chi connectivity index (χ3v) is 4.17. The third kappa shape index (κ3) is 3.02. The fraction of sp³-hybridized carbons (Fsp3) is 0.308. The molecular formula is C13H16N2O3S. The second-order valence-electron chi connectivity index (χ2n) is 4.58. The van der Waals surface area contributed by atoms with Crippen molar-refractivity contribution in [3.8, 4) is 0 Å². The molecule has 0 saturated heterocycles. The molecule has 0 spiro atoms. The molecule has 1 amide bonds. The van der Waals surface area contributed by atoms with Gasteiger partial charge in [0.1, 0.15) is 0 Å². The van der Waals surface area contributed by atoms with E-state index < -0.39 is 10.0 Å². The molecule has 0 radical (unpaired) electrons. The maximum absolute atomic E-state index is 12.2. The van der Waals surface area contributed by atoms with E-state index in [0.717, 1.165) is 12.8 Å². The molecule has 1 aliphatic rings.